The van der Waals surface area contributed by atoms with Gasteiger partial charge in [-0.1, -0.05) is 24.2 Å². The van der Waals surface area contributed by atoms with Crippen molar-refractivity contribution in [2.24, 2.45) is 0 Å². The summed E-state index contributed by atoms with van der Waals surface area (Å²) in [5, 5.41) is 9.11. The Bertz CT molecular complexity index is 274. The zero-order chi connectivity index (χ0) is 11.1. The fraction of sp³-hybridized carbons (Fsp3) is 0.455. The molecule has 1 nitrogen and oxygen atoms in total. The zero-order valence-electron chi connectivity index (χ0n) is 8.63. The van der Waals surface area contributed by atoms with E-state index in [-0.39, 0.29) is 14.4 Å². The van der Waals surface area contributed by atoms with Crippen LogP contribution in [0, 0.1) is 0 Å². The molecule has 1 rings (SSSR count). The van der Waals surface area contributed by atoms with Crippen LogP contribution < -0.4 is 0 Å². The molecule has 84 valence electrons. The molecule has 0 saturated heterocycles. The number of phenols is 1. The second-order valence-corrected chi connectivity index (χ2v) is 7.06. The lowest BCUT2D eigenvalue weighted by Gasteiger charge is -2.02. The Morgan fingerprint density at radius 3 is 2.40 bits per heavy atom. The van der Waals surface area contributed by atoms with Crippen molar-refractivity contribution < 1.29 is 5.11 Å². The first-order valence-electron chi connectivity index (χ1n) is 5.24. The van der Waals surface area contributed by atoms with E-state index >= 15 is 0 Å². The molecule has 0 aliphatic rings. The number of alkyl halides is 2. The third-order valence-corrected chi connectivity index (χ3v) is 4.52. The first kappa shape index (κ1) is 12.9. The van der Waals surface area contributed by atoms with Gasteiger partial charge in [-0.3, -0.25) is 0 Å². The average molecular weight is 263 g/mol. The maximum Gasteiger partial charge on any atom is 0.115 e. The Labute approximate surface area is 103 Å². The number of halogens is 2. The van der Waals surface area contributed by atoms with Crippen LogP contribution in [0.15, 0.2) is 24.3 Å². The monoisotopic (exact) mass is 262 g/mol. The summed E-state index contributed by atoms with van der Waals surface area (Å²) >= 11 is 11.3. The second-order valence-electron chi connectivity index (χ2n) is 3.66. The number of hydrogen-bond acceptors (Lipinski definition) is 1. The van der Waals surface area contributed by atoms with E-state index in [1.165, 1.54) is 17.7 Å². The Kier molecular flexibility index (Phi) is 6.14. The first-order chi connectivity index (χ1) is 7.18. The van der Waals surface area contributed by atoms with Gasteiger partial charge in [-0.2, -0.15) is 0 Å². The summed E-state index contributed by atoms with van der Waals surface area (Å²) in [6.07, 6.45) is 2.05. The van der Waals surface area contributed by atoms with E-state index in [0.29, 0.717) is 5.75 Å². The fourth-order valence-corrected chi connectivity index (χ4v) is 4.00. The Hall–Kier alpha value is -0.183. The van der Waals surface area contributed by atoms with Crippen LogP contribution in [0.1, 0.15) is 12.0 Å². The number of benzene rings is 1. The molecule has 1 aromatic rings. The van der Waals surface area contributed by atoms with Crippen molar-refractivity contribution in [1.29, 1.82) is 0 Å². The van der Waals surface area contributed by atoms with Crippen LogP contribution >= 0.6 is 23.2 Å². The molecule has 0 heterocycles. The molecule has 0 aliphatic heterocycles. The van der Waals surface area contributed by atoms with Crippen molar-refractivity contribution in [3.8, 4) is 5.75 Å². The van der Waals surface area contributed by atoms with Crippen LogP contribution in [0.5, 0.6) is 5.75 Å². The summed E-state index contributed by atoms with van der Waals surface area (Å²) in [5.74, 6) is 0.336. The lowest BCUT2D eigenvalue weighted by atomic mass is 10.2. The van der Waals surface area contributed by atoms with Crippen molar-refractivity contribution in [1.82, 2.24) is 0 Å². The molecule has 0 bridgehead atoms. The van der Waals surface area contributed by atoms with E-state index in [4.69, 9.17) is 28.3 Å². The van der Waals surface area contributed by atoms with Gasteiger partial charge in [-0.05, 0) is 30.5 Å². The number of aryl methyl sites for hydroxylation is 1. The molecule has 0 radical (unpaired) electrons. The summed E-state index contributed by atoms with van der Waals surface area (Å²) in [5.41, 5.74) is 1.30. The van der Waals surface area contributed by atoms with E-state index in [9.17, 15) is 0 Å². The van der Waals surface area contributed by atoms with Crippen molar-refractivity contribution in [2.45, 2.75) is 29.8 Å². The molecule has 0 aromatic heterocycles. The highest BCUT2D eigenvalue weighted by Gasteiger charge is 1.99. The quantitative estimate of drug-likeness (QED) is 0.475. The number of aromatic hydroxyl groups is 1. The van der Waals surface area contributed by atoms with Gasteiger partial charge in [-0.15, -0.1) is 23.2 Å². The number of rotatable bonds is 6. The Balaban J connectivity index is 2.12. The minimum Gasteiger partial charge on any atom is -0.508 e. The molecular formula is C11H16Cl2OSi. The lowest BCUT2D eigenvalue weighted by Crippen LogP contribution is -1.96. The topological polar surface area (TPSA) is 20.2 Å². The minimum atomic E-state index is -0.189. The standard InChI is InChI=1S/C11H16Cl2OSi/c12-11(13)6-8-15-7-5-9-1-3-10(14)4-2-9/h1-4,11,14H,5-8,15H2. The summed E-state index contributed by atoms with van der Waals surface area (Å²) in [6, 6.07) is 9.95. The molecule has 0 amide bonds. The van der Waals surface area contributed by atoms with E-state index in [0.717, 1.165) is 12.8 Å². The van der Waals surface area contributed by atoms with Crippen LogP contribution in [-0.4, -0.2) is 19.5 Å². The predicted octanol–water partition coefficient (Wildman–Crippen LogP) is 3.13. The summed E-state index contributed by atoms with van der Waals surface area (Å²) in [4.78, 5) is -0.189. The number of hydrogen-bond donors (Lipinski definition) is 1. The Morgan fingerprint density at radius 1 is 1.13 bits per heavy atom. The zero-order valence-corrected chi connectivity index (χ0v) is 11.6. The lowest BCUT2D eigenvalue weighted by molar-refractivity contribution is 0.475. The molecule has 0 atom stereocenters. The van der Waals surface area contributed by atoms with Crippen LogP contribution in [0.25, 0.3) is 0 Å². The van der Waals surface area contributed by atoms with E-state index < -0.39 is 0 Å². The third-order valence-electron chi connectivity index (χ3n) is 2.32. The molecule has 0 fully saturated rings. The summed E-state index contributed by atoms with van der Waals surface area (Å²) in [7, 11) is -0.0164. The van der Waals surface area contributed by atoms with Gasteiger partial charge < -0.3 is 5.11 Å². The summed E-state index contributed by atoms with van der Waals surface area (Å²) < 4.78 is 0. The SMILES string of the molecule is Oc1ccc(CC[SiH2]CCC(Cl)Cl)cc1. The molecule has 4 heteroatoms. The largest absolute Gasteiger partial charge is 0.508 e. The van der Waals surface area contributed by atoms with E-state index in [1.807, 2.05) is 12.1 Å². The predicted molar refractivity (Wildman–Crippen MR) is 70.1 cm³/mol. The maximum atomic E-state index is 9.11. The molecule has 1 N–H and O–H groups in total. The van der Waals surface area contributed by atoms with E-state index in [2.05, 4.69) is 0 Å². The molecule has 1 aromatic carbocycles. The normalized spacial score (nSPS) is 11.7. The second kappa shape index (κ2) is 7.15. The number of phenolic OH excluding ortho intramolecular Hbond substituents is 1. The molecular weight excluding hydrogens is 247 g/mol. The van der Waals surface area contributed by atoms with Crippen LogP contribution in [0.4, 0.5) is 0 Å². The van der Waals surface area contributed by atoms with Crippen LogP contribution in [0.3, 0.4) is 0 Å². The van der Waals surface area contributed by atoms with Gasteiger partial charge in [0.1, 0.15) is 10.6 Å². The van der Waals surface area contributed by atoms with Crippen molar-refractivity contribution in [3.05, 3.63) is 29.8 Å². The highest BCUT2D eigenvalue weighted by atomic mass is 35.5. The highest BCUT2D eigenvalue weighted by molar-refractivity contribution is 6.45. The molecule has 0 saturated carbocycles. The fourth-order valence-electron chi connectivity index (χ4n) is 1.47. The molecule has 15 heavy (non-hydrogen) atoms. The molecule has 0 unspecified atom stereocenters. The average Bonchev–Trinajstić information content (AvgIpc) is 2.20. The summed E-state index contributed by atoms with van der Waals surface area (Å²) in [6.45, 7) is 0. The first-order valence-corrected chi connectivity index (χ1v) is 8.12. The molecule has 0 aliphatic carbocycles. The van der Waals surface area contributed by atoms with E-state index in [1.54, 1.807) is 12.1 Å². The van der Waals surface area contributed by atoms with Crippen molar-refractivity contribution >= 4 is 32.7 Å². The highest BCUT2D eigenvalue weighted by Crippen LogP contribution is 2.13. The molecule has 0 spiro atoms. The van der Waals surface area contributed by atoms with Gasteiger partial charge in [0, 0.05) is 9.52 Å². The van der Waals surface area contributed by atoms with Gasteiger partial charge in [0.15, 0.2) is 0 Å². The van der Waals surface area contributed by atoms with Crippen molar-refractivity contribution in [2.75, 3.05) is 0 Å². The van der Waals surface area contributed by atoms with Crippen LogP contribution in [0.2, 0.25) is 12.1 Å². The van der Waals surface area contributed by atoms with Gasteiger partial charge >= 0.3 is 0 Å². The minimum absolute atomic E-state index is 0.0164. The maximum absolute atomic E-state index is 9.11. The Morgan fingerprint density at radius 2 is 1.80 bits per heavy atom. The third kappa shape index (κ3) is 6.08. The van der Waals surface area contributed by atoms with Crippen molar-refractivity contribution in [3.63, 3.8) is 0 Å². The van der Waals surface area contributed by atoms with Gasteiger partial charge in [-0.25, -0.2) is 0 Å². The van der Waals surface area contributed by atoms with Gasteiger partial charge in [0.05, 0.1) is 0 Å². The van der Waals surface area contributed by atoms with Gasteiger partial charge in [0.2, 0.25) is 0 Å². The smallest absolute Gasteiger partial charge is 0.115 e. The van der Waals surface area contributed by atoms with Gasteiger partial charge in [0.25, 0.3) is 0 Å². The van der Waals surface area contributed by atoms with Crippen LogP contribution in [-0.2, 0) is 6.42 Å².